The van der Waals surface area contributed by atoms with Gasteiger partial charge in [-0.1, -0.05) is 36.4 Å². The zero-order chi connectivity index (χ0) is 26.9. The Morgan fingerprint density at radius 1 is 0.947 bits per heavy atom. The second-order valence-electron chi connectivity index (χ2n) is 8.48. The molecule has 0 radical (unpaired) electrons. The van der Waals surface area contributed by atoms with Crippen LogP contribution in [0.3, 0.4) is 0 Å². The fourth-order valence-electron chi connectivity index (χ4n) is 4.19. The van der Waals surface area contributed by atoms with Crippen molar-refractivity contribution in [2.45, 2.75) is 23.9 Å². The molecule has 3 aromatic carbocycles. The number of benzene rings is 3. The average Bonchev–Trinajstić information content (AvgIpc) is 3.34. The maximum atomic E-state index is 13.5. The number of hydrogen-bond donors (Lipinski definition) is 1. The maximum absolute atomic E-state index is 13.5. The molecule has 2 heterocycles. The fourth-order valence-corrected chi connectivity index (χ4v) is 5.54. The molecular weight excluding hydrogens is 519 g/mol. The third-order valence-corrected chi connectivity index (χ3v) is 7.08. The molecule has 6 nitrogen and oxygen atoms in total. The Balaban J connectivity index is 1.52. The molecule has 38 heavy (non-hydrogen) atoms. The van der Waals surface area contributed by atoms with E-state index in [2.05, 4.69) is 0 Å². The Morgan fingerprint density at radius 3 is 2.39 bits per heavy atom. The highest BCUT2D eigenvalue weighted by Gasteiger charge is 2.35. The molecule has 0 spiro atoms. The normalized spacial score (nSPS) is 14.7. The number of para-hydroxylation sites is 1. The molecule has 1 aromatic heterocycles. The molecule has 4 aromatic rings. The van der Waals surface area contributed by atoms with Gasteiger partial charge in [0, 0.05) is 29.0 Å². The van der Waals surface area contributed by atoms with Gasteiger partial charge in [-0.3, -0.25) is 9.36 Å². The number of thioether (sulfide) groups is 1. The lowest BCUT2D eigenvalue weighted by Crippen LogP contribution is -2.29. The quantitative estimate of drug-likeness (QED) is 0.284. The van der Waals surface area contributed by atoms with Crippen LogP contribution in [0.2, 0.25) is 0 Å². The van der Waals surface area contributed by atoms with Gasteiger partial charge >= 0.3 is 12.1 Å². The van der Waals surface area contributed by atoms with E-state index in [0.717, 1.165) is 28.5 Å². The summed E-state index contributed by atoms with van der Waals surface area (Å²) in [6.45, 7) is -0.137. The Morgan fingerprint density at radius 2 is 1.66 bits per heavy atom. The zero-order valence-corrected chi connectivity index (χ0v) is 20.5. The first-order chi connectivity index (χ1) is 18.2. The van der Waals surface area contributed by atoms with E-state index in [4.69, 9.17) is 9.47 Å². The lowest BCUT2D eigenvalue weighted by atomic mass is 9.99. The molecule has 0 fully saturated rings. The molecular formula is C28H20F3NO5S. The number of carboxylic acid groups (broad SMARTS) is 1. The van der Waals surface area contributed by atoms with Gasteiger partial charge in [-0.15, -0.1) is 11.8 Å². The van der Waals surface area contributed by atoms with E-state index in [0.29, 0.717) is 33.4 Å². The minimum Gasteiger partial charge on any atom is -0.489 e. The first-order valence-corrected chi connectivity index (χ1v) is 12.5. The maximum Gasteiger partial charge on any atom is 0.416 e. The van der Waals surface area contributed by atoms with Crippen molar-refractivity contribution in [2.75, 3.05) is 5.75 Å². The number of aliphatic carboxylic acids is 1. The van der Waals surface area contributed by atoms with Crippen LogP contribution < -0.4 is 15.0 Å². The standard InChI is InChI=1S/C28H20F3NO5S/c29-28(30,31)19-7-4-6-17(12-19)25-18(13-24(33)32-23(27(34)35)16-38-26(25)32)15-36-21-10-5-11-22(14-21)37-20-8-2-1-3-9-20/h1-14,23H,15-16H2,(H,34,35)/t23-/m0/s1. The minimum atomic E-state index is -4.57. The number of rotatable bonds is 7. The number of alkyl halides is 3. The topological polar surface area (TPSA) is 77.8 Å². The van der Waals surface area contributed by atoms with Crippen LogP contribution in [0.15, 0.2) is 94.7 Å². The van der Waals surface area contributed by atoms with E-state index in [1.165, 1.54) is 18.2 Å². The SMILES string of the molecule is O=C(O)[C@@H]1CSc2c(-c3cccc(C(F)(F)F)c3)c(COc3cccc(Oc4ccccc4)c3)cc(=O)n21. The molecule has 0 bridgehead atoms. The van der Waals surface area contributed by atoms with Crippen molar-refractivity contribution in [1.82, 2.24) is 4.57 Å². The molecule has 0 saturated carbocycles. The summed E-state index contributed by atoms with van der Waals surface area (Å²) in [4.78, 5) is 24.7. The van der Waals surface area contributed by atoms with Crippen LogP contribution in [0, 0.1) is 0 Å². The minimum absolute atomic E-state index is 0.0831. The molecule has 0 unspecified atom stereocenters. The van der Waals surface area contributed by atoms with E-state index in [-0.39, 0.29) is 17.9 Å². The first-order valence-electron chi connectivity index (χ1n) is 11.5. The Kier molecular flexibility index (Phi) is 6.90. The zero-order valence-electron chi connectivity index (χ0n) is 19.6. The molecule has 0 aliphatic carbocycles. The molecule has 1 N–H and O–H groups in total. The largest absolute Gasteiger partial charge is 0.489 e. The first kappa shape index (κ1) is 25.5. The van der Waals surface area contributed by atoms with Gasteiger partial charge in [0.25, 0.3) is 5.56 Å². The van der Waals surface area contributed by atoms with Gasteiger partial charge in [0.1, 0.15) is 29.9 Å². The number of nitrogens with zero attached hydrogens (tertiary/aromatic N) is 1. The highest BCUT2D eigenvalue weighted by atomic mass is 32.2. The molecule has 1 atom stereocenters. The van der Waals surface area contributed by atoms with Gasteiger partial charge in [0.05, 0.1) is 10.6 Å². The van der Waals surface area contributed by atoms with E-state index in [1.54, 1.807) is 36.4 Å². The van der Waals surface area contributed by atoms with Gasteiger partial charge in [-0.05, 0) is 42.0 Å². The predicted molar refractivity (Wildman–Crippen MR) is 136 cm³/mol. The van der Waals surface area contributed by atoms with E-state index in [1.807, 2.05) is 18.2 Å². The van der Waals surface area contributed by atoms with Crippen molar-refractivity contribution in [2.24, 2.45) is 0 Å². The Labute approximate surface area is 219 Å². The summed E-state index contributed by atoms with van der Waals surface area (Å²) in [5.41, 5.74) is -0.528. The Bertz CT molecular complexity index is 1550. The number of aromatic nitrogens is 1. The second-order valence-corrected chi connectivity index (χ2v) is 9.49. The molecule has 1 aliphatic rings. The van der Waals surface area contributed by atoms with Crippen LogP contribution in [0.1, 0.15) is 17.2 Å². The number of ether oxygens (including phenoxy) is 2. The van der Waals surface area contributed by atoms with Gasteiger partial charge in [0.2, 0.25) is 0 Å². The molecule has 0 saturated heterocycles. The van der Waals surface area contributed by atoms with Crippen molar-refractivity contribution in [1.29, 1.82) is 0 Å². The summed E-state index contributed by atoms with van der Waals surface area (Å²) in [5, 5.41) is 9.89. The van der Waals surface area contributed by atoms with E-state index in [9.17, 15) is 27.9 Å². The summed E-state index contributed by atoms with van der Waals surface area (Å²) in [6, 6.07) is 20.8. The summed E-state index contributed by atoms with van der Waals surface area (Å²) in [6.07, 6.45) is -4.57. The van der Waals surface area contributed by atoms with Crippen molar-refractivity contribution >= 4 is 17.7 Å². The monoisotopic (exact) mass is 539 g/mol. The van der Waals surface area contributed by atoms with Crippen molar-refractivity contribution in [3.05, 3.63) is 106 Å². The third-order valence-electron chi connectivity index (χ3n) is 5.92. The predicted octanol–water partition coefficient (Wildman–Crippen LogP) is 6.64. The lowest BCUT2D eigenvalue weighted by molar-refractivity contribution is -0.140. The van der Waals surface area contributed by atoms with Crippen LogP contribution in [0.5, 0.6) is 17.2 Å². The lowest BCUT2D eigenvalue weighted by Gasteiger charge is -2.18. The average molecular weight is 540 g/mol. The number of fused-ring (bicyclic) bond motifs is 1. The smallest absolute Gasteiger partial charge is 0.416 e. The van der Waals surface area contributed by atoms with Crippen LogP contribution in [-0.4, -0.2) is 21.4 Å². The molecule has 194 valence electrons. The fraction of sp³-hybridized carbons (Fsp3) is 0.143. The summed E-state index contributed by atoms with van der Waals surface area (Å²) in [5.74, 6) is 0.464. The van der Waals surface area contributed by atoms with Gasteiger partial charge in [-0.2, -0.15) is 13.2 Å². The number of carboxylic acids is 1. The van der Waals surface area contributed by atoms with Gasteiger partial charge in [0.15, 0.2) is 0 Å². The summed E-state index contributed by atoms with van der Waals surface area (Å²) < 4.78 is 53.3. The highest BCUT2D eigenvalue weighted by molar-refractivity contribution is 7.99. The Hall–Kier alpha value is -4.18. The molecule has 0 amide bonds. The summed E-state index contributed by atoms with van der Waals surface area (Å²) >= 11 is 1.12. The number of carbonyl (C=O) groups is 1. The van der Waals surface area contributed by atoms with Crippen LogP contribution in [0.25, 0.3) is 11.1 Å². The third kappa shape index (κ3) is 5.26. The van der Waals surface area contributed by atoms with Crippen LogP contribution in [0.4, 0.5) is 13.2 Å². The van der Waals surface area contributed by atoms with Crippen molar-refractivity contribution < 1.29 is 32.5 Å². The number of halogens is 3. The summed E-state index contributed by atoms with van der Waals surface area (Å²) in [7, 11) is 0. The van der Waals surface area contributed by atoms with Crippen molar-refractivity contribution in [3.63, 3.8) is 0 Å². The van der Waals surface area contributed by atoms with Crippen molar-refractivity contribution in [3.8, 4) is 28.4 Å². The molecule has 5 rings (SSSR count). The van der Waals surface area contributed by atoms with Crippen LogP contribution in [-0.2, 0) is 17.6 Å². The second kappa shape index (κ2) is 10.3. The molecule has 1 aliphatic heterocycles. The van der Waals surface area contributed by atoms with Crippen LogP contribution >= 0.6 is 11.8 Å². The van der Waals surface area contributed by atoms with E-state index >= 15 is 0 Å². The van der Waals surface area contributed by atoms with Gasteiger partial charge < -0.3 is 14.6 Å². The van der Waals surface area contributed by atoms with Gasteiger partial charge in [-0.25, -0.2) is 4.79 Å². The van der Waals surface area contributed by atoms with E-state index < -0.39 is 29.3 Å². The number of hydrogen-bond acceptors (Lipinski definition) is 5. The molecule has 10 heteroatoms. The number of pyridine rings is 1. The highest BCUT2D eigenvalue weighted by Crippen LogP contribution is 2.42.